The van der Waals surface area contributed by atoms with Gasteiger partial charge in [0.1, 0.15) is 0 Å². The molecule has 0 bridgehead atoms. The average molecular weight is 296 g/mol. The molecule has 0 aromatic rings. The van der Waals surface area contributed by atoms with Crippen LogP contribution in [0.1, 0.15) is 39.0 Å². The van der Waals surface area contributed by atoms with Crippen LogP contribution >= 0.6 is 0 Å². The number of amides is 1. The van der Waals surface area contributed by atoms with E-state index >= 15 is 0 Å². The molecule has 0 aromatic heterocycles. The van der Waals surface area contributed by atoms with Gasteiger partial charge < -0.3 is 10.4 Å². The Kier molecular flexibility index (Phi) is 7.64. The predicted octanol–water partition coefficient (Wildman–Crippen LogP) is 1.79. The third kappa shape index (κ3) is 5.99. The minimum absolute atomic E-state index is 0.0803. The maximum atomic E-state index is 12.0. The summed E-state index contributed by atoms with van der Waals surface area (Å²) in [6, 6.07) is -0.358. The summed E-state index contributed by atoms with van der Waals surface area (Å²) in [5.74, 6) is -0.0803. The standard InChI is InChI=1S/C16H28N2O3/c1-4-9-16(20,10-5-2)14(3)17-15(19)8-12-18-11-6-7-13-21-18/h4-5,14,20H,1-2,6-13H2,3H3,(H,17,19). The average Bonchev–Trinajstić information content (AvgIpc) is 2.46. The molecule has 1 aliphatic rings. The lowest BCUT2D eigenvalue weighted by atomic mass is 9.88. The van der Waals surface area contributed by atoms with Crippen molar-refractivity contribution in [3.8, 4) is 0 Å². The minimum atomic E-state index is -1.03. The fourth-order valence-electron chi connectivity index (χ4n) is 2.44. The van der Waals surface area contributed by atoms with Crippen molar-refractivity contribution in [1.82, 2.24) is 10.4 Å². The number of carbonyl (C=O) groups is 1. The number of hydrogen-bond donors (Lipinski definition) is 2. The SMILES string of the molecule is C=CCC(O)(CC=C)C(C)NC(=O)CCN1CCCCO1. The van der Waals surface area contributed by atoms with Gasteiger partial charge >= 0.3 is 0 Å². The summed E-state index contributed by atoms with van der Waals surface area (Å²) in [4.78, 5) is 17.5. The first-order valence-corrected chi connectivity index (χ1v) is 7.63. The monoisotopic (exact) mass is 296 g/mol. The van der Waals surface area contributed by atoms with Gasteiger partial charge in [-0.2, -0.15) is 5.06 Å². The number of nitrogens with one attached hydrogen (secondary N) is 1. The lowest BCUT2D eigenvalue weighted by Crippen LogP contribution is -2.51. The molecule has 1 rings (SSSR count). The van der Waals surface area contributed by atoms with Gasteiger partial charge in [0, 0.05) is 19.5 Å². The van der Waals surface area contributed by atoms with Gasteiger partial charge in [-0.05, 0) is 32.6 Å². The van der Waals surface area contributed by atoms with E-state index in [9.17, 15) is 9.90 Å². The van der Waals surface area contributed by atoms with Crippen LogP contribution in [0.25, 0.3) is 0 Å². The van der Waals surface area contributed by atoms with Crippen LogP contribution in [-0.2, 0) is 9.63 Å². The summed E-state index contributed by atoms with van der Waals surface area (Å²) in [5.41, 5.74) is -1.03. The summed E-state index contributed by atoms with van der Waals surface area (Å²) in [7, 11) is 0. The molecule has 5 heteroatoms. The maximum Gasteiger partial charge on any atom is 0.221 e. The normalized spacial score (nSPS) is 18.0. The molecule has 1 heterocycles. The van der Waals surface area contributed by atoms with Crippen molar-refractivity contribution in [2.45, 2.75) is 50.7 Å². The molecule has 1 fully saturated rings. The molecule has 120 valence electrons. The Hall–Kier alpha value is -1.17. The summed E-state index contributed by atoms with van der Waals surface area (Å²) in [5, 5.41) is 15.3. The summed E-state index contributed by atoms with van der Waals surface area (Å²) < 4.78 is 0. The molecule has 1 aliphatic heterocycles. The van der Waals surface area contributed by atoms with Crippen LogP contribution < -0.4 is 5.32 Å². The van der Waals surface area contributed by atoms with Crippen LogP contribution in [-0.4, -0.2) is 47.4 Å². The zero-order valence-corrected chi connectivity index (χ0v) is 13.0. The van der Waals surface area contributed by atoms with E-state index in [0.29, 0.717) is 25.8 Å². The number of nitrogens with zero attached hydrogens (tertiary/aromatic N) is 1. The first-order valence-electron chi connectivity index (χ1n) is 7.63. The Morgan fingerprint density at radius 2 is 2.10 bits per heavy atom. The van der Waals surface area contributed by atoms with Crippen LogP contribution in [0.4, 0.5) is 0 Å². The van der Waals surface area contributed by atoms with Gasteiger partial charge in [0.2, 0.25) is 5.91 Å². The second-order valence-electron chi connectivity index (χ2n) is 5.60. The van der Waals surface area contributed by atoms with Crippen LogP contribution in [0.15, 0.2) is 25.3 Å². The van der Waals surface area contributed by atoms with E-state index in [4.69, 9.17) is 4.84 Å². The Morgan fingerprint density at radius 3 is 2.62 bits per heavy atom. The first-order chi connectivity index (χ1) is 10.0. The second-order valence-corrected chi connectivity index (χ2v) is 5.60. The van der Waals surface area contributed by atoms with Crippen LogP contribution in [0, 0.1) is 0 Å². The molecule has 1 amide bonds. The highest BCUT2D eigenvalue weighted by Crippen LogP contribution is 2.21. The summed E-state index contributed by atoms with van der Waals surface area (Å²) >= 11 is 0. The molecule has 0 aromatic carbocycles. The fraction of sp³-hybridized carbons (Fsp3) is 0.688. The van der Waals surface area contributed by atoms with Crippen molar-refractivity contribution >= 4 is 5.91 Å². The smallest absolute Gasteiger partial charge is 0.221 e. The molecule has 0 saturated carbocycles. The van der Waals surface area contributed by atoms with Crippen LogP contribution in [0.2, 0.25) is 0 Å². The van der Waals surface area contributed by atoms with E-state index in [0.717, 1.165) is 26.0 Å². The number of hydrogen-bond acceptors (Lipinski definition) is 4. The number of hydroxylamine groups is 2. The van der Waals surface area contributed by atoms with Crippen molar-refractivity contribution < 1.29 is 14.7 Å². The van der Waals surface area contributed by atoms with Gasteiger partial charge in [-0.25, -0.2) is 0 Å². The topological polar surface area (TPSA) is 61.8 Å². The largest absolute Gasteiger partial charge is 0.387 e. The quantitative estimate of drug-likeness (QED) is 0.637. The first kappa shape index (κ1) is 17.9. The minimum Gasteiger partial charge on any atom is -0.387 e. The highest BCUT2D eigenvalue weighted by atomic mass is 16.7. The van der Waals surface area contributed by atoms with Gasteiger partial charge in [-0.3, -0.25) is 9.63 Å². The Labute approximate surface area is 127 Å². The van der Waals surface area contributed by atoms with Crippen molar-refractivity contribution in [3.05, 3.63) is 25.3 Å². The van der Waals surface area contributed by atoms with E-state index < -0.39 is 5.60 Å². The lowest BCUT2D eigenvalue weighted by molar-refractivity contribution is -0.181. The zero-order chi connectivity index (χ0) is 15.7. The van der Waals surface area contributed by atoms with Crippen LogP contribution in [0.3, 0.4) is 0 Å². The third-order valence-electron chi connectivity index (χ3n) is 3.84. The number of rotatable bonds is 9. The molecule has 2 N–H and O–H groups in total. The van der Waals surface area contributed by atoms with Crippen LogP contribution in [0.5, 0.6) is 0 Å². The number of carbonyl (C=O) groups excluding carboxylic acids is 1. The van der Waals surface area contributed by atoms with Gasteiger partial charge in [0.25, 0.3) is 0 Å². The molecule has 1 unspecified atom stereocenters. The molecule has 5 nitrogen and oxygen atoms in total. The van der Waals surface area contributed by atoms with Crippen molar-refractivity contribution in [2.24, 2.45) is 0 Å². The van der Waals surface area contributed by atoms with E-state index in [-0.39, 0.29) is 11.9 Å². The summed E-state index contributed by atoms with van der Waals surface area (Å²) in [6.07, 6.45) is 6.70. The third-order valence-corrected chi connectivity index (χ3v) is 3.84. The lowest BCUT2D eigenvalue weighted by Gasteiger charge is -2.33. The van der Waals surface area contributed by atoms with E-state index in [1.54, 1.807) is 12.2 Å². The van der Waals surface area contributed by atoms with Crippen molar-refractivity contribution in [1.29, 1.82) is 0 Å². The van der Waals surface area contributed by atoms with E-state index in [1.165, 1.54) is 0 Å². The van der Waals surface area contributed by atoms with Gasteiger partial charge in [-0.1, -0.05) is 12.2 Å². The Balaban J connectivity index is 2.40. The molecular weight excluding hydrogens is 268 g/mol. The predicted molar refractivity (Wildman–Crippen MR) is 83.6 cm³/mol. The van der Waals surface area contributed by atoms with Gasteiger partial charge in [0.05, 0.1) is 18.2 Å². The Bertz CT molecular complexity index is 341. The second kappa shape index (κ2) is 8.97. The van der Waals surface area contributed by atoms with Crippen molar-refractivity contribution in [3.63, 3.8) is 0 Å². The molecule has 1 saturated heterocycles. The fourth-order valence-corrected chi connectivity index (χ4v) is 2.44. The zero-order valence-electron chi connectivity index (χ0n) is 13.0. The van der Waals surface area contributed by atoms with E-state index in [1.807, 2.05) is 12.0 Å². The highest BCUT2D eigenvalue weighted by molar-refractivity contribution is 5.76. The Morgan fingerprint density at radius 1 is 1.43 bits per heavy atom. The maximum absolute atomic E-state index is 12.0. The molecule has 21 heavy (non-hydrogen) atoms. The summed E-state index contributed by atoms with van der Waals surface area (Å²) in [6.45, 7) is 11.3. The van der Waals surface area contributed by atoms with Gasteiger partial charge in [-0.15, -0.1) is 13.2 Å². The number of aliphatic hydroxyl groups is 1. The highest BCUT2D eigenvalue weighted by Gasteiger charge is 2.32. The molecular formula is C16H28N2O3. The molecule has 1 atom stereocenters. The van der Waals surface area contributed by atoms with Crippen molar-refractivity contribution in [2.75, 3.05) is 19.7 Å². The van der Waals surface area contributed by atoms with E-state index in [2.05, 4.69) is 18.5 Å². The molecule has 0 aliphatic carbocycles. The molecule has 0 spiro atoms. The van der Waals surface area contributed by atoms with Gasteiger partial charge in [0.15, 0.2) is 0 Å². The molecule has 0 radical (unpaired) electrons.